The van der Waals surface area contributed by atoms with E-state index in [1.54, 1.807) is 0 Å². The van der Waals surface area contributed by atoms with Gasteiger partial charge in [-0.15, -0.1) is 10.2 Å². The Labute approximate surface area is 118 Å². The maximum atomic E-state index is 6.21. The summed E-state index contributed by atoms with van der Waals surface area (Å²) in [6.07, 6.45) is 1.04. The first kappa shape index (κ1) is 12.7. The van der Waals surface area contributed by atoms with Crippen LogP contribution in [0.4, 0.5) is 5.69 Å². The fourth-order valence-corrected chi connectivity index (χ4v) is 2.52. The molecule has 1 aromatic heterocycles. The molecule has 2 aromatic carbocycles. The van der Waals surface area contributed by atoms with Crippen molar-refractivity contribution in [2.75, 3.05) is 5.73 Å². The lowest BCUT2D eigenvalue weighted by Crippen LogP contribution is -2.03. The van der Waals surface area contributed by atoms with Crippen LogP contribution in [0.3, 0.4) is 0 Å². The summed E-state index contributed by atoms with van der Waals surface area (Å²) in [6, 6.07) is 12.3. The van der Waals surface area contributed by atoms with Crippen molar-refractivity contribution < 1.29 is 0 Å². The predicted octanol–water partition coefficient (Wildman–Crippen LogP) is 3.40. The van der Waals surface area contributed by atoms with Gasteiger partial charge in [0, 0.05) is 17.8 Å². The molecule has 0 aliphatic carbocycles. The standard InChI is InChI=1S/C16H18N4/c1-3-8-20-11(2)18-19-16(20)14-9-12-6-4-5-7-13(12)10-15(14)17/h4-7,9-10H,3,8,17H2,1-2H3. The van der Waals surface area contributed by atoms with E-state index in [9.17, 15) is 0 Å². The lowest BCUT2D eigenvalue weighted by Gasteiger charge is -2.10. The number of rotatable bonds is 3. The molecule has 2 N–H and O–H groups in total. The summed E-state index contributed by atoms with van der Waals surface area (Å²) in [7, 11) is 0. The van der Waals surface area contributed by atoms with Crippen LogP contribution in [0, 0.1) is 6.92 Å². The van der Waals surface area contributed by atoms with Crippen LogP contribution in [-0.2, 0) is 6.54 Å². The van der Waals surface area contributed by atoms with Crippen molar-refractivity contribution in [1.29, 1.82) is 0 Å². The molecule has 0 saturated heterocycles. The fourth-order valence-electron chi connectivity index (χ4n) is 2.52. The summed E-state index contributed by atoms with van der Waals surface area (Å²) in [6.45, 7) is 5.02. The number of aryl methyl sites for hydroxylation is 1. The molecule has 0 atom stereocenters. The van der Waals surface area contributed by atoms with Crippen LogP contribution in [0.2, 0.25) is 0 Å². The molecule has 0 aliphatic heterocycles. The van der Waals surface area contributed by atoms with Crippen molar-refractivity contribution in [1.82, 2.24) is 14.8 Å². The maximum absolute atomic E-state index is 6.21. The summed E-state index contributed by atoms with van der Waals surface area (Å²) in [5, 5.41) is 10.8. The highest BCUT2D eigenvalue weighted by atomic mass is 15.3. The molecule has 102 valence electrons. The molecule has 0 fully saturated rings. The summed E-state index contributed by atoms with van der Waals surface area (Å²) in [4.78, 5) is 0. The van der Waals surface area contributed by atoms with E-state index in [0.29, 0.717) is 0 Å². The van der Waals surface area contributed by atoms with E-state index in [-0.39, 0.29) is 0 Å². The molecule has 3 aromatic rings. The third-order valence-corrected chi connectivity index (χ3v) is 3.54. The number of hydrogen-bond donors (Lipinski definition) is 1. The average molecular weight is 266 g/mol. The number of nitrogens with zero attached hydrogens (tertiary/aromatic N) is 3. The Morgan fingerprint density at radius 3 is 2.50 bits per heavy atom. The zero-order chi connectivity index (χ0) is 14.1. The molecule has 3 rings (SSSR count). The van der Waals surface area contributed by atoms with Crippen molar-refractivity contribution in [2.24, 2.45) is 0 Å². The van der Waals surface area contributed by atoms with Crippen LogP contribution in [-0.4, -0.2) is 14.8 Å². The van der Waals surface area contributed by atoms with Crippen LogP contribution in [0.25, 0.3) is 22.2 Å². The summed E-state index contributed by atoms with van der Waals surface area (Å²) in [5.41, 5.74) is 7.91. The van der Waals surface area contributed by atoms with E-state index >= 15 is 0 Å². The van der Waals surface area contributed by atoms with Crippen molar-refractivity contribution in [3.05, 3.63) is 42.2 Å². The van der Waals surface area contributed by atoms with Gasteiger partial charge in [-0.25, -0.2) is 0 Å². The van der Waals surface area contributed by atoms with Gasteiger partial charge in [-0.2, -0.15) is 0 Å². The summed E-state index contributed by atoms with van der Waals surface area (Å²) < 4.78 is 2.13. The normalized spacial score (nSPS) is 11.1. The second-order valence-corrected chi connectivity index (χ2v) is 5.01. The van der Waals surface area contributed by atoms with Gasteiger partial charge in [-0.05, 0) is 36.2 Å². The molecule has 0 bridgehead atoms. The minimum atomic E-state index is 0.744. The Hall–Kier alpha value is -2.36. The van der Waals surface area contributed by atoms with Gasteiger partial charge in [0.25, 0.3) is 0 Å². The lowest BCUT2D eigenvalue weighted by molar-refractivity contribution is 0.663. The Kier molecular flexibility index (Phi) is 3.14. The Morgan fingerprint density at radius 2 is 1.80 bits per heavy atom. The van der Waals surface area contributed by atoms with Gasteiger partial charge in [-0.1, -0.05) is 31.2 Å². The predicted molar refractivity (Wildman–Crippen MR) is 82.4 cm³/mol. The zero-order valence-electron chi connectivity index (χ0n) is 11.8. The first-order chi connectivity index (χ1) is 9.70. The van der Waals surface area contributed by atoms with Gasteiger partial charge in [0.1, 0.15) is 5.82 Å². The van der Waals surface area contributed by atoms with E-state index < -0.39 is 0 Å². The third-order valence-electron chi connectivity index (χ3n) is 3.54. The van der Waals surface area contributed by atoms with Crippen LogP contribution in [0.1, 0.15) is 19.2 Å². The molecular weight excluding hydrogens is 248 g/mol. The molecule has 0 spiro atoms. The molecule has 20 heavy (non-hydrogen) atoms. The number of anilines is 1. The van der Waals surface area contributed by atoms with Crippen LogP contribution >= 0.6 is 0 Å². The Balaban J connectivity index is 2.21. The fraction of sp³-hybridized carbons (Fsp3) is 0.250. The topological polar surface area (TPSA) is 56.7 Å². The minimum Gasteiger partial charge on any atom is -0.398 e. The molecule has 1 heterocycles. The SMILES string of the molecule is CCCn1c(C)nnc1-c1cc2ccccc2cc1N. The van der Waals surface area contributed by atoms with E-state index in [1.807, 2.05) is 25.1 Å². The quantitative estimate of drug-likeness (QED) is 0.739. The van der Waals surface area contributed by atoms with E-state index in [0.717, 1.165) is 41.3 Å². The van der Waals surface area contributed by atoms with Crippen LogP contribution in [0.15, 0.2) is 36.4 Å². The number of hydrogen-bond acceptors (Lipinski definition) is 3. The van der Waals surface area contributed by atoms with Crippen molar-refractivity contribution >= 4 is 16.5 Å². The summed E-state index contributed by atoms with van der Waals surface area (Å²) >= 11 is 0. The number of nitrogens with two attached hydrogens (primary N) is 1. The molecule has 0 saturated carbocycles. The second-order valence-electron chi connectivity index (χ2n) is 5.01. The van der Waals surface area contributed by atoms with Gasteiger partial charge >= 0.3 is 0 Å². The highest BCUT2D eigenvalue weighted by Crippen LogP contribution is 2.30. The van der Waals surface area contributed by atoms with Crippen LogP contribution < -0.4 is 5.73 Å². The monoisotopic (exact) mass is 266 g/mol. The first-order valence-electron chi connectivity index (χ1n) is 6.89. The molecule has 4 heteroatoms. The number of fused-ring (bicyclic) bond motifs is 1. The molecule has 4 nitrogen and oxygen atoms in total. The van der Waals surface area contributed by atoms with Crippen molar-refractivity contribution in [2.45, 2.75) is 26.8 Å². The van der Waals surface area contributed by atoms with E-state index in [4.69, 9.17) is 5.73 Å². The highest BCUT2D eigenvalue weighted by Gasteiger charge is 2.13. The largest absolute Gasteiger partial charge is 0.398 e. The highest BCUT2D eigenvalue weighted by molar-refractivity contribution is 5.92. The average Bonchev–Trinajstić information content (AvgIpc) is 2.80. The van der Waals surface area contributed by atoms with Gasteiger partial charge < -0.3 is 10.3 Å². The zero-order valence-corrected chi connectivity index (χ0v) is 11.8. The molecule has 0 unspecified atom stereocenters. The number of nitrogen functional groups attached to an aromatic ring is 1. The number of aromatic nitrogens is 3. The van der Waals surface area contributed by atoms with E-state index in [2.05, 4.69) is 39.9 Å². The third kappa shape index (κ3) is 2.03. The lowest BCUT2D eigenvalue weighted by atomic mass is 10.0. The Morgan fingerprint density at radius 1 is 1.10 bits per heavy atom. The van der Waals surface area contributed by atoms with Crippen LogP contribution in [0.5, 0.6) is 0 Å². The van der Waals surface area contributed by atoms with Crippen molar-refractivity contribution in [3.63, 3.8) is 0 Å². The van der Waals surface area contributed by atoms with Gasteiger partial charge in [-0.3, -0.25) is 0 Å². The molecular formula is C16H18N4. The Bertz CT molecular complexity index is 758. The maximum Gasteiger partial charge on any atom is 0.166 e. The van der Waals surface area contributed by atoms with Gasteiger partial charge in [0.2, 0.25) is 0 Å². The molecule has 0 radical (unpaired) electrons. The smallest absolute Gasteiger partial charge is 0.166 e. The molecule has 0 amide bonds. The summed E-state index contributed by atoms with van der Waals surface area (Å²) in [5.74, 6) is 1.78. The van der Waals surface area contributed by atoms with Crippen molar-refractivity contribution in [3.8, 4) is 11.4 Å². The first-order valence-corrected chi connectivity index (χ1v) is 6.89. The van der Waals surface area contributed by atoms with Gasteiger partial charge in [0.05, 0.1) is 0 Å². The van der Waals surface area contributed by atoms with Gasteiger partial charge in [0.15, 0.2) is 5.82 Å². The van der Waals surface area contributed by atoms with E-state index in [1.165, 1.54) is 5.39 Å². The second kappa shape index (κ2) is 4.96. The minimum absolute atomic E-state index is 0.744. The molecule has 0 aliphatic rings. The number of benzene rings is 2.